The predicted octanol–water partition coefficient (Wildman–Crippen LogP) is 3.56. The van der Waals surface area contributed by atoms with Crippen LogP contribution in [-0.2, 0) is 11.3 Å². The van der Waals surface area contributed by atoms with Crippen molar-refractivity contribution < 1.29 is 14.3 Å². The van der Waals surface area contributed by atoms with Crippen molar-refractivity contribution >= 4 is 18.1 Å². The zero-order chi connectivity index (χ0) is 14.4. The molecule has 102 valence electrons. The summed E-state index contributed by atoms with van der Waals surface area (Å²) in [5.74, 6) is 0. The zero-order valence-corrected chi connectivity index (χ0v) is 11.1. The number of carbonyl (C=O) groups is 2. The molecule has 2 aromatic carbocycles. The molecule has 0 unspecified atom stereocenters. The van der Waals surface area contributed by atoms with E-state index in [1.54, 1.807) is 18.2 Å². The smallest absolute Gasteiger partial charge is 0.411 e. The van der Waals surface area contributed by atoms with E-state index in [1.807, 2.05) is 37.3 Å². The summed E-state index contributed by atoms with van der Waals surface area (Å²) in [6.45, 7) is 2.04. The van der Waals surface area contributed by atoms with E-state index in [2.05, 4.69) is 5.32 Å². The third kappa shape index (κ3) is 3.68. The van der Waals surface area contributed by atoms with Gasteiger partial charge in [0.15, 0.2) is 0 Å². The normalized spacial score (nSPS) is 9.85. The van der Waals surface area contributed by atoms with Crippen molar-refractivity contribution in [3.8, 4) is 0 Å². The summed E-state index contributed by atoms with van der Waals surface area (Å²) in [5, 5.41) is 2.59. The van der Waals surface area contributed by atoms with Gasteiger partial charge in [-0.1, -0.05) is 36.4 Å². The molecule has 0 aliphatic heterocycles. The van der Waals surface area contributed by atoms with Crippen LogP contribution in [0.25, 0.3) is 0 Å². The van der Waals surface area contributed by atoms with Crippen molar-refractivity contribution in [2.75, 3.05) is 5.32 Å². The van der Waals surface area contributed by atoms with Crippen LogP contribution < -0.4 is 5.32 Å². The van der Waals surface area contributed by atoms with Crippen molar-refractivity contribution in [1.29, 1.82) is 0 Å². The largest absolute Gasteiger partial charge is 0.444 e. The van der Waals surface area contributed by atoms with Crippen molar-refractivity contribution in [1.82, 2.24) is 0 Å². The van der Waals surface area contributed by atoms with E-state index < -0.39 is 6.09 Å². The summed E-state index contributed by atoms with van der Waals surface area (Å²) < 4.78 is 5.10. The van der Waals surface area contributed by atoms with E-state index >= 15 is 0 Å². The molecule has 0 bridgehead atoms. The van der Waals surface area contributed by atoms with Gasteiger partial charge in [-0.05, 0) is 30.2 Å². The SMILES string of the molecule is Cc1ccc(NC(=O)OCc2ccccc2)cc1C=O. The lowest BCUT2D eigenvalue weighted by Crippen LogP contribution is -2.13. The van der Waals surface area contributed by atoms with Crippen LogP contribution in [0.3, 0.4) is 0 Å². The Labute approximate surface area is 117 Å². The van der Waals surface area contributed by atoms with Crippen LogP contribution in [-0.4, -0.2) is 12.4 Å². The van der Waals surface area contributed by atoms with E-state index in [1.165, 1.54) is 0 Å². The Morgan fingerprint density at radius 3 is 2.65 bits per heavy atom. The number of aldehydes is 1. The molecule has 0 radical (unpaired) electrons. The molecule has 0 fully saturated rings. The monoisotopic (exact) mass is 269 g/mol. The Bertz CT molecular complexity index is 608. The molecular weight excluding hydrogens is 254 g/mol. The Hall–Kier alpha value is -2.62. The zero-order valence-electron chi connectivity index (χ0n) is 11.1. The van der Waals surface area contributed by atoms with Gasteiger partial charge in [-0.2, -0.15) is 0 Å². The molecule has 0 saturated carbocycles. The Morgan fingerprint density at radius 2 is 1.95 bits per heavy atom. The highest BCUT2D eigenvalue weighted by atomic mass is 16.5. The molecule has 1 N–H and O–H groups in total. The highest BCUT2D eigenvalue weighted by molar-refractivity contribution is 5.87. The summed E-state index contributed by atoms with van der Waals surface area (Å²) in [6.07, 6.45) is 0.213. The van der Waals surface area contributed by atoms with Crippen molar-refractivity contribution in [2.24, 2.45) is 0 Å². The fraction of sp³-hybridized carbons (Fsp3) is 0.125. The number of rotatable bonds is 4. The van der Waals surface area contributed by atoms with Gasteiger partial charge < -0.3 is 4.74 Å². The summed E-state index contributed by atoms with van der Waals surface area (Å²) in [6, 6.07) is 14.5. The number of ether oxygens (including phenoxy) is 1. The van der Waals surface area contributed by atoms with Crippen LogP contribution >= 0.6 is 0 Å². The summed E-state index contributed by atoms with van der Waals surface area (Å²) in [7, 11) is 0. The van der Waals surface area contributed by atoms with E-state index in [0.29, 0.717) is 11.3 Å². The predicted molar refractivity (Wildman–Crippen MR) is 76.8 cm³/mol. The number of amides is 1. The third-order valence-electron chi connectivity index (χ3n) is 2.87. The third-order valence-corrected chi connectivity index (χ3v) is 2.87. The van der Waals surface area contributed by atoms with Crippen molar-refractivity contribution in [3.63, 3.8) is 0 Å². The van der Waals surface area contributed by atoms with E-state index in [9.17, 15) is 9.59 Å². The minimum absolute atomic E-state index is 0.207. The molecule has 0 spiro atoms. The second kappa shape index (κ2) is 6.52. The molecule has 0 aromatic heterocycles. The van der Waals surface area contributed by atoms with Gasteiger partial charge in [0.1, 0.15) is 12.9 Å². The first kappa shape index (κ1) is 13.8. The van der Waals surface area contributed by atoms with Gasteiger partial charge in [0.2, 0.25) is 0 Å². The highest BCUT2D eigenvalue weighted by Crippen LogP contribution is 2.14. The first-order valence-electron chi connectivity index (χ1n) is 6.22. The fourth-order valence-electron chi connectivity index (χ4n) is 1.72. The fourth-order valence-corrected chi connectivity index (χ4v) is 1.72. The van der Waals surface area contributed by atoms with Crippen LogP contribution in [0, 0.1) is 6.92 Å². The summed E-state index contributed by atoms with van der Waals surface area (Å²) >= 11 is 0. The molecule has 2 rings (SSSR count). The quantitative estimate of drug-likeness (QED) is 0.863. The number of carbonyl (C=O) groups excluding carboxylic acids is 2. The second-order valence-electron chi connectivity index (χ2n) is 4.38. The van der Waals surface area contributed by atoms with Crippen LogP contribution in [0.2, 0.25) is 0 Å². The van der Waals surface area contributed by atoms with Crippen LogP contribution in [0.5, 0.6) is 0 Å². The lowest BCUT2D eigenvalue weighted by Gasteiger charge is -2.08. The molecule has 0 heterocycles. The first-order valence-corrected chi connectivity index (χ1v) is 6.22. The van der Waals surface area contributed by atoms with Gasteiger partial charge in [-0.3, -0.25) is 10.1 Å². The van der Waals surface area contributed by atoms with Crippen LogP contribution in [0.1, 0.15) is 21.5 Å². The van der Waals surface area contributed by atoms with Crippen molar-refractivity contribution in [3.05, 3.63) is 65.2 Å². The molecule has 0 aliphatic carbocycles. The molecule has 4 nitrogen and oxygen atoms in total. The minimum atomic E-state index is -0.547. The summed E-state index contributed by atoms with van der Waals surface area (Å²) in [4.78, 5) is 22.5. The van der Waals surface area contributed by atoms with Gasteiger partial charge in [0.25, 0.3) is 0 Å². The van der Waals surface area contributed by atoms with E-state index in [4.69, 9.17) is 4.74 Å². The molecule has 0 aliphatic rings. The first-order chi connectivity index (χ1) is 9.69. The Kier molecular flexibility index (Phi) is 4.50. The van der Waals surface area contributed by atoms with Gasteiger partial charge in [0, 0.05) is 11.3 Å². The molecule has 20 heavy (non-hydrogen) atoms. The van der Waals surface area contributed by atoms with Gasteiger partial charge in [-0.15, -0.1) is 0 Å². The van der Waals surface area contributed by atoms with Crippen LogP contribution in [0.4, 0.5) is 10.5 Å². The lowest BCUT2D eigenvalue weighted by molar-refractivity contribution is 0.112. The molecular formula is C16H15NO3. The molecule has 0 atom stereocenters. The second-order valence-corrected chi connectivity index (χ2v) is 4.38. The molecule has 0 saturated heterocycles. The average Bonchev–Trinajstić information content (AvgIpc) is 2.48. The maximum atomic E-state index is 11.6. The number of benzene rings is 2. The number of hydrogen-bond donors (Lipinski definition) is 1. The highest BCUT2D eigenvalue weighted by Gasteiger charge is 2.05. The number of anilines is 1. The van der Waals surface area contributed by atoms with E-state index in [-0.39, 0.29) is 6.61 Å². The number of nitrogens with one attached hydrogen (secondary N) is 1. The Morgan fingerprint density at radius 1 is 1.20 bits per heavy atom. The van der Waals surface area contributed by atoms with E-state index in [0.717, 1.165) is 17.4 Å². The molecule has 2 aromatic rings. The lowest BCUT2D eigenvalue weighted by atomic mass is 10.1. The standard InChI is InChI=1S/C16H15NO3/c1-12-7-8-15(9-14(12)10-18)17-16(19)20-11-13-5-3-2-4-6-13/h2-10H,11H2,1H3,(H,17,19). The maximum Gasteiger partial charge on any atom is 0.411 e. The molecule has 1 amide bonds. The minimum Gasteiger partial charge on any atom is -0.444 e. The topological polar surface area (TPSA) is 55.4 Å². The van der Waals surface area contributed by atoms with Crippen molar-refractivity contribution in [2.45, 2.75) is 13.5 Å². The van der Waals surface area contributed by atoms with Gasteiger partial charge in [-0.25, -0.2) is 4.79 Å². The van der Waals surface area contributed by atoms with Crippen LogP contribution in [0.15, 0.2) is 48.5 Å². The number of aryl methyl sites for hydroxylation is 1. The van der Waals surface area contributed by atoms with Gasteiger partial charge in [0.05, 0.1) is 0 Å². The summed E-state index contributed by atoms with van der Waals surface area (Å²) in [5.41, 5.74) is 2.87. The number of hydrogen-bond acceptors (Lipinski definition) is 3. The van der Waals surface area contributed by atoms with Gasteiger partial charge >= 0.3 is 6.09 Å². The molecule has 4 heteroatoms. The Balaban J connectivity index is 1.93. The maximum absolute atomic E-state index is 11.6. The average molecular weight is 269 g/mol.